The number of anilines is 2. The third-order valence-corrected chi connectivity index (χ3v) is 10.4. The summed E-state index contributed by atoms with van der Waals surface area (Å²) in [5, 5.41) is 10.8. The Balaban J connectivity index is 1.37. The molecule has 0 saturated carbocycles. The molecule has 3 aliphatic rings. The van der Waals surface area contributed by atoms with E-state index in [0.29, 0.717) is 53.4 Å². The van der Waals surface area contributed by atoms with Crippen molar-refractivity contribution in [1.29, 1.82) is 0 Å². The lowest BCUT2D eigenvalue weighted by atomic mass is 9.84. The average molecular weight is 688 g/mol. The van der Waals surface area contributed by atoms with E-state index < -0.39 is 23.8 Å². The SMILES string of the molecule is CCCC(CCC)N(C(=O)CN1CC(c2cc(OC)c3c(c2)OCO3)C(C(=O)O)C1CCN1C(=O)Cc2ccccc21)c1ccc(F)c(C)c1. The molecule has 3 aromatic carbocycles. The Bertz CT molecular complexity index is 1740. The Kier molecular flexibility index (Phi) is 10.6. The zero-order valence-corrected chi connectivity index (χ0v) is 29.2. The van der Waals surface area contributed by atoms with E-state index in [4.69, 9.17) is 14.2 Å². The maximum Gasteiger partial charge on any atom is 0.308 e. The molecule has 3 aliphatic heterocycles. The fourth-order valence-electron chi connectivity index (χ4n) is 8.03. The van der Waals surface area contributed by atoms with Gasteiger partial charge in [0.15, 0.2) is 11.5 Å². The molecule has 11 heteroatoms. The zero-order chi connectivity index (χ0) is 35.5. The molecule has 0 aliphatic carbocycles. The maximum atomic E-state index is 14.6. The van der Waals surface area contributed by atoms with Crippen LogP contribution >= 0.6 is 0 Å². The van der Waals surface area contributed by atoms with Crippen molar-refractivity contribution >= 4 is 29.2 Å². The van der Waals surface area contributed by atoms with Crippen LogP contribution in [0.5, 0.6) is 17.2 Å². The Morgan fingerprint density at radius 3 is 2.54 bits per heavy atom. The topological polar surface area (TPSA) is 109 Å². The third kappa shape index (κ3) is 6.88. The predicted octanol–water partition coefficient (Wildman–Crippen LogP) is 6.32. The molecule has 0 radical (unpaired) electrons. The standard InChI is InChI=1S/C39H46FN3O7/c1-5-9-27(10-6-2)43(28-13-14-30(40)24(3)17-28)36(45)22-41-21-29(26-18-33(48-4)38-34(19-26)49-23-50-38)37(39(46)47)32(41)15-16-42-31-12-8-7-11-25(31)20-35(42)44/h7-8,11-14,17-19,27,29,32,37H,5-6,9-10,15-16,20-23H2,1-4H3,(H,46,47). The number of methoxy groups -OCH3 is 1. The van der Waals surface area contributed by atoms with E-state index in [1.807, 2.05) is 29.2 Å². The van der Waals surface area contributed by atoms with E-state index in [1.165, 1.54) is 13.2 Å². The van der Waals surface area contributed by atoms with Crippen molar-refractivity contribution in [3.05, 3.63) is 77.1 Å². The van der Waals surface area contributed by atoms with Gasteiger partial charge < -0.3 is 29.1 Å². The summed E-state index contributed by atoms with van der Waals surface area (Å²) in [5.41, 5.74) is 3.56. The highest BCUT2D eigenvalue weighted by molar-refractivity contribution is 6.01. The maximum absolute atomic E-state index is 14.6. The van der Waals surface area contributed by atoms with Gasteiger partial charge in [-0.15, -0.1) is 0 Å². The lowest BCUT2D eigenvalue weighted by Gasteiger charge is -2.35. The number of aryl methyl sites for hydroxylation is 1. The fraction of sp³-hybridized carbons (Fsp3) is 0.462. The second-order valence-electron chi connectivity index (χ2n) is 13.5. The third-order valence-electron chi connectivity index (χ3n) is 10.4. The van der Waals surface area contributed by atoms with Crippen molar-refractivity contribution in [3.8, 4) is 17.2 Å². The van der Waals surface area contributed by atoms with Gasteiger partial charge in [0.25, 0.3) is 0 Å². The quantitative estimate of drug-likeness (QED) is 0.210. The highest BCUT2D eigenvalue weighted by Crippen LogP contribution is 2.47. The Hall–Kier alpha value is -4.64. The van der Waals surface area contributed by atoms with E-state index in [2.05, 4.69) is 13.8 Å². The Morgan fingerprint density at radius 1 is 1.08 bits per heavy atom. The van der Waals surface area contributed by atoms with Gasteiger partial charge in [0, 0.05) is 42.5 Å². The van der Waals surface area contributed by atoms with Crippen molar-refractivity contribution in [1.82, 2.24) is 4.90 Å². The van der Waals surface area contributed by atoms with E-state index in [1.54, 1.807) is 41.0 Å². The number of carbonyl (C=O) groups excluding carboxylic acids is 2. The normalized spacial score (nSPS) is 19.7. The first-order valence-electron chi connectivity index (χ1n) is 17.6. The van der Waals surface area contributed by atoms with E-state index in [9.17, 15) is 23.9 Å². The highest BCUT2D eigenvalue weighted by Gasteiger charge is 2.48. The Labute approximate surface area is 292 Å². The zero-order valence-electron chi connectivity index (χ0n) is 29.2. The number of likely N-dealkylation sites (tertiary alicyclic amines) is 1. The second kappa shape index (κ2) is 15.1. The van der Waals surface area contributed by atoms with Gasteiger partial charge >= 0.3 is 5.97 Å². The van der Waals surface area contributed by atoms with Gasteiger partial charge in [-0.25, -0.2) is 4.39 Å². The van der Waals surface area contributed by atoms with Crippen molar-refractivity contribution in [2.24, 2.45) is 5.92 Å². The number of nitrogens with zero attached hydrogens (tertiary/aromatic N) is 3. The number of carboxylic acid groups (broad SMARTS) is 1. The van der Waals surface area contributed by atoms with Crippen LogP contribution in [0, 0.1) is 18.7 Å². The van der Waals surface area contributed by atoms with Crippen LogP contribution in [0.3, 0.4) is 0 Å². The van der Waals surface area contributed by atoms with Crippen LogP contribution in [0.15, 0.2) is 54.6 Å². The van der Waals surface area contributed by atoms with E-state index in [-0.39, 0.29) is 43.6 Å². The molecule has 0 aromatic heterocycles. The monoisotopic (exact) mass is 687 g/mol. The van der Waals surface area contributed by atoms with Crippen molar-refractivity contribution < 1.29 is 38.1 Å². The minimum absolute atomic E-state index is 0.0319. The number of halogens is 1. The van der Waals surface area contributed by atoms with Crippen LogP contribution in [-0.4, -0.2) is 73.4 Å². The molecule has 3 unspecified atom stereocenters. The second-order valence-corrected chi connectivity index (χ2v) is 13.5. The number of benzene rings is 3. The number of aliphatic carboxylic acids is 1. The minimum Gasteiger partial charge on any atom is -0.493 e. The highest BCUT2D eigenvalue weighted by atomic mass is 19.1. The van der Waals surface area contributed by atoms with Crippen molar-refractivity contribution in [2.75, 3.05) is 43.3 Å². The summed E-state index contributed by atoms with van der Waals surface area (Å²) in [6, 6.07) is 15.3. The molecule has 1 fully saturated rings. The van der Waals surface area contributed by atoms with Crippen LogP contribution in [0.1, 0.15) is 68.6 Å². The number of ether oxygens (including phenoxy) is 3. The Morgan fingerprint density at radius 2 is 1.84 bits per heavy atom. The molecule has 0 spiro atoms. The number of hydrogen-bond acceptors (Lipinski definition) is 7. The summed E-state index contributed by atoms with van der Waals surface area (Å²) in [6.07, 6.45) is 3.90. The number of carbonyl (C=O) groups is 3. The summed E-state index contributed by atoms with van der Waals surface area (Å²) in [5.74, 6) is -1.55. The smallest absolute Gasteiger partial charge is 0.308 e. The minimum atomic E-state index is -0.986. The van der Waals surface area contributed by atoms with Crippen molar-refractivity contribution in [3.63, 3.8) is 0 Å². The van der Waals surface area contributed by atoms with Gasteiger partial charge in [-0.1, -0.05) is 44.9 Å². The largest absolute Gasteiger partial charge is 0.493 e. The average Bonchev–Trinajstić information content (AvgIpc) is 3.80. The molecule has 10 nitrogen and oxygen atoms in total. The molecule has 6 rings (SSSR count). The van der Waals surface area contributed by atoms with E-state index in [0.717, 1.165) is 36.9 Å². The molecule has 2 amide bonds. The van der Waals surface area contributed by atoms with Gasteiger partial charge in [-0.2, -0.15) is 0 Å². The summed E-state index contributed by atoms with van der Waals surface area (Å²) in [4.78, 5) is 46.5. The lowest BCUT2D eigenvalue weighted by Crippen LogP contribution is -2.48. The predicted molar refractivity (Wildman–Crippen MR) is 188 cm³/mol. The molecule has 0 bridgehead atoms. The summed E-state index contributed by atoms with van der Waals surface area (Å²) >= 11 is 0. The first-order valence-corrected chi connectivity index (χ1v) is 17.6. The molecule has 3 atom stereocenters. The van der Waals surface area contributed by atoms with Crippen molar-refractivity contribution in [2.45, 2.75) is 77.3 Å². The summed E-state index contributed by atoms with van der Waals surface area (Å²) < 4.78 is 31.3. The molecule has 3 heterocycles. The number of carboxylic acids is 1. The van der Waals surface area contributed by atoms with Gasteiger partial charge in [-0.05, 0) is 79.3 Å². The lowest BCUT2D eigenvalue weighted by molar-refractivity contribution is -0.143. The van der Waals surface area contributed by atoms with Crippen LogP contribution in [0.25, 0.3) is 0 Å². The van der Waals surface area contributed by atoms with Gasteiger partial charge in [0.1, 0.15) is 5.82 Å². The fourth-order valence-corrected chi connectivity index (χ4v) is 8.03. The van der Waals surface area contributed by atoms with Crippen LogP contribution in [0.4, 0.5) is 15.8 Å². The molecule has 50 heavy (non-hydrogen) atoms. The number of fused-ring (bicyclic) bond motifs is 2. The summed E-state index contributed by atoms with van der Waals surface area (Å²) in [7, 11) is 1.53. The van der Waals surface area contributed by atoms with Crippen LogP contribution in [-0.2, 0) is 20.8 Å². The number of hydrogen-bond donors (Lipinski definition) is 1. The molecule has 1 N–H and O–H groups in total. The van der Waals surface area contributed by atoms with Gasteiger partial charge in [-0.3, -0.25) is 19.3 Å². The molecule has 3 aromatic rings. The first-order chi connectivity index (χ1) is 24.1. The van der Waals surface area contributed by atoms with Gasteiger partial charge in [0.2, 0.25) is 24.4 Å². The van der Waals surface area contributed by atoms with Gasteiger partial charge in [0.05, 0.1) is 26.0 Å². The molecular weight excluding hydrogens is 641 g/mol. The first kappa shape index (κ1) is 35.2. The number of amides is 2. The molecule has 1 saturated heterocycles. The molecular formula is C39H46FN3O7. The summed E-state index contributed by atoms with van der Waals surface area (Å²) in [6.45, 7) is 6.43. The van der Waals surface area contributed by atoms with Crippen LogP contribution in [0.2, 0.25) is 0 Å². The van der Waals surface area contributed by atoms with Crippen LogP contribution < -0.4 is 24.0 Å². The van der Waals surface area contributed by atoms with E-state index >= 15 is 0 Å². The number of para-hydroxylation sites is 1. The number of rotatable bonds is 14. The molecule has 266 valence electrons.